The first-order valence-electron chi connectivity index (χ1n) is 10.6. The predicted molar refractivity (Wildman–Crippen MR) is 124 cm³/mol. The summed E-state index contributed by atoms with van der Waals surface area (Å²) in [6, 6.07) is 11.6. The van der Waals surface area contributed by atoms with E-state index in [2.05, 4.69) is 71.9 Å². The van der Waals surface area contributed by atoms with Crippen LogP contribution in [0.15, 0.2) is 46.4 Å². The van der Waals surface area contributed by atoms with E-state index >= 15 is 0 Å². The van der Waals surface area contributed by atoms with E-state index in [0.717, 1.165) is 24.1 Å². The molecule has 2 aliphatic heterocycles. The molecule has 158 valence electrons. The Balaban J connectivity index is 1.80. The summed E-state index contributed by atoms with van der Waals surface area (Å²) >= 11 is 3.52. The van der Waals surface area contributed by atoms with Gasteiger partial charge in [0.25, 0.3) is 5.69 Å². The number of halogens is 1. The van der Waals surface area contributed by atoms with Crippen LogP contribution in [0.2, 0.25) is 0 Å². The van der Waals surface area contributed by atoms with Gasteiger partial charge < -0.3 is 9.64 Å². The lowest BCUT2D eigenvalue weighted by Gasteiger charge is -2.46. The molecule has 4 rings (SSSR count). The first-order valence-corrected chi connectivity index (χ1v) is 11.4. The summed E-state index contributed by atoms with van der Waals surface area (Å²) in [6.07, 6.45) is 6.77. The molecule has 0 saturated carbocycles. The molecule has 2 heterocycles. The molecule has 1 spiro atoms. The molecule has 2 aromatic carbocycles. The van der Waals surface area contributed by atoms with Gasteiger partial charge in [-0.25, -0.2) is 0 Å². The van der Waals surface area contributed by atoms with Gasteiger partial charge in [-0.1, -0.05) is 51.3 Å². The average Bonchev–Trinajstić information content (AvgIpc) is 2.96. The maximum atomic E-state index is 11.3. The third kappa shape index (κ3) is 3.22. The summed E-state index contributed by atoms with van der Waals surface area (Å²) in [5.41, 5.74) is 3.75. The van der Waals surface area contributed by atoms with E-state index in [1.165, 1.54) is 36.6 Å². The van der Waals surface area contributed by atoms with E-state index in [1.807, 2.05) is 0 Å². The molecule has 0 bridgehead atoms. The molecule has 30 heavy (non-hydrogen) atoms. The lowest BCUT2D eigenvalue weighted by molar-refractivity contribution is -0.385. The highest BCUT2D eigenvalue weighted by atomic mass is 79.9. The Labute approximate surface area is 186 Å². The molecule has 0 radical (unpaired) electrons. The van der Waals surface area contributed by atoms with Crippen molar-refractivity contribution in [1.82, 2.24) is 0 Å². The van der Waals surface area contributed by atoms with Crippen LogP contribution in [0.25, 0.3) is 6.08 Å². The molecular formula is C24H27BrN2O3. The molecule has 2 atom stereocenters. The summed E-state index contributed by atoms with van der Waals surface area (Å²) in [7, 11) is 0. The fourth-order valence-corrected chi connectivity index (χ4v) is 5.44. The second kappa shape index (κ2) is 8.06. The second-order valence-electron chi connectivity index (χ2n) is 8.22. The Morgan fingerprint density at radius 1 is 1.23 bits per heavy atom. The zero-order chi connectivity index (χ0) is 21.5. The van der Waals surface area contributed by atoms with Crippen LogP contribution in [0.5, 0.6) is 5.75 Å². The molecule has 5 nitrogen and oxygen atoms in total. The first-order chi connectivity index (χ1) is 14.4. The number of para-hydroxylation sites is 1. The third-order valence-electron chi connectivity index (χ3n) is 6.38. The van der Waals surface area contributed by atoms with Gasteiger partial charge in [-0.15, -0.1) is 0 Å². The zero-order valence-corrected chi connectivity index (χ0v) is 19.2. The molecule has 0 fully saturated rings. The number of unbranched alkanes of at least 4 members (excludes halogenated alkanes) is 3. The van der Waals surface area contributed by atoms with Crippen molar-refractivity contribution in [3.05, 3.63) is 67.7 Å². The van der Waals surface area contributed by atoms with Crippen molar-refractivity contribution in [3.8, 4) is 5.75 Å². The number of ether oxygens (including phenoxy) is 1. The summed E-state index contributed by atoms with van der Waals surface area (Å²) in [6.45, 7) is 7.43. The first kappa shape index (κ1) is 20.9. The minimum Gasteiger partial charge on any atom is -0.462 e. The topological polar surface area (TPSA) is 55.6 Å². The maximum Gasteiger partial charge on any atom is 0.271 e. The molecule has 2 aliphatic rings. The normalized spacial score (nSPS) is 21.8. The van der Waals surface area contributed by atoms with Crippen molar-refractivity contribution >= 4 is 33.4 Å². The van der Waals surface area contributed by atoms with E-state index in [4.69, 9.17) is 4.74 Å². The number of benzene rings is 2. The van der Waals surface area contributed by atoms with Gasteiger partial charge in [-0.3, -0.25) is 10.1 Å². The minimum absolute atomic E-state index is 0.0587. The van der Waals surface area contributed by atoms with Crippen LogP contribution in [-0.2, 0) is 0 Å². The standard InChI is InChI=1S/C24H27BrN2O3/c1-4-5-6-9-12-26-22-11-8-7-10-20(22)17(3)24(26)16(2)13-18-14-19(27(28)29)15-21(25)23(18)30-24/h7-8,10-11,13-15,17H,4-6,9,12H2,1-3H3. The van der Waals surface area contributed by atoms with Gasteiger partial charge in [0.05, 0.1) is 9.40 Å². The molecule has 0 aliphatic carbocycles. The lowest BCUT2D eigenvalue weighted by Crippen LogP contribution is -2.55. The van der Waals surface area contributed by atoms with Gasteiger partial charge >= 0.3 is 0 Å². The van der Waals surface area contributed by atoms with Gasteiger partial charge in [0.15, 0.2) is 0 Å². The number of rotatable bonds is 6. The predicted octanol–water partition coefficient (Wildman–Crippen LogP) is 7.05. The van der Waals surface area contributed by atoms with Crippen LogP contribution < -0.4 is 9.64 Å². The molecular weight excluding hydrogens is 444 g/mol. The Morgan fingerprint density at radius 2 is 2.00 bits per heavy atom. The lowest BCUT2D eigenvalue weighted by atomic mass is 9.85. The van der Waals surface area contributed by atoms with Gasteiger partial charge in [-0.05, 0) is 52.6 Å². The number of hydrogen-bond donors (Lipinski definition) is 0. The van der Waals surface area contributed by atoms with Crippen LogP contribution in [0.1, 0.15) is 63.5 Å². The highest BCUT2D eigenvalue weighted by Gasteiger charge is 2.54. The maximum absolute atomic E-state index is 11.3. The van der Waals surface area contributed by atoms with Crippen LogP contribution >= 0.6 is 15.9 Å². The van der Waals surface area contributed by atoms with Crippen molar-refractivity contribution in [3.63, 3.8) is 0 Å². The van der Waals surface area contributed by atoms with E-state index < -0.39 is 5.72 Å². The summed E-state index contributed by atoms with van der Waals surface area (Å²) in [5, 5.41) is 11.3. The highest BCUT2D eigenvalue weighted by Crippen LogP contribution is 2.55. The van der Waals surface area contributed by atoms with Gasteiger partial charge in [-0.2, -0.15) is 0 Å². The van der Waals surface area contributed by atoms with E-state index in [9.17, 15) is 10.1 Å². The van der Waals surface area contributed by atoms with E-state index in [0.29, 0.717) is 10.2 Å². The van der Waals surface area contributed by atoms with Crippen molar-refractivity contribution in [2.75, 3.05) is 11.4 Å². The average molecular weight is 471 g/mol. The van der Waals surface area contributed by atoms with Gasteiger partial charge in [0.1, 0.15) is 5.75 Å². The summed E-state index contributed by atoms with van der Waals surface area (Å²) in [5.74, 6) is 0.802. The molecule has 2 aromatic rings. The molecule has 0 saturated heterocycles. The van der Waals surface area contributed by atoms with Crippen LogP contribution in [-0.4, -0.2) is 17.2 Å². The van der Waals surface area contributed by atoms with Crippen molar-refractivity contribution in [2.24, 2.45) is 0 Å². The van der Waals surface area contributed by atoms with E-state index in [1.54, 1.807) is 6.07 Å². The van der Waals surface area contributed by atoms with Crippen molar-refractivity contribution < 1.29 is 9.66 Å². The number of anilines is 1. The van der Waals surface area contributed by atoms with Crippen molar-refractivity contribution in [1.29, 1.82) is 0 Å². The monoisotopic (exact) mass is 470 g/mol. The molecule has 6 heteroatoms. The Hall–Kier alpha value is -2.34. The van der Waals surface area contributed by atoms with Crippen LogP contribution in [0, 0.1) is 10.1 Å². The molecule has 0 N–H and O–H groups in total. The quantitative estimate of drug-likeness (QED) is 0.257. The van der Waals surface area contributed by atoms with Gasteiger partial charge in [0, 0.05) is 35.8 Å². The minimum atomic E-state index is -0.623. The number of nitro benzene ring substituents is 1. The number of fused-ring (bicyclic) bond motifs is 2. The van der Waals surface area contributed by atoms with Crippen molar-refractivity contribution in [2.45, 2.75) is 58.1 Å². The summed E-state index contributed by atoms with van der Waals surface area (Å²) < 4.78 is 7.43. The summed E-state index contributed by atoms with van der Waals surface area (Å²) in [4.78, 5) is 13.3. The Kier molecular flexibility index (Phi) is 5.62. The van der Waals surface area contributed by atoms with Crippen LogP contribution in [0.3, 0.4) is 0 Å². The second-order valence-corrected chi connectivity index (χ2v) is 9.08. The zero-order valence-electron chi connectivity index (χ0n) is 17.7. The molecule has 2 unspecified atom stereocenters. The largest absolute Gasteiger partial charge is 0.462 e. The third-order valence-corrected chi connectivity index (χ3v) is 6.97. The number of non-ortho nitro benzene ring substituents is 1. The fourth-order valence-electron chi connectivity index (χ4n) is 4.90. The number of nitro groups is 1. The molecule has 0 amide bonds. The molecule has 0 aromatic heterocycles. The SMILES string of the molecule is CCCCCCN1c2ccccc2C(C)C12Oc1c(Br)cc([N+](=O)[O-])cc1C=C2C. The smallest absolute Gasteiger partial charge is 0.271 e. The number of hydrogen-bond acceptors (Lipinski definition) is 4. The highest BCUT2D eigenvalue weighted by molar-refractivity contribution is 9.10. The van der Waals surface area contributed by atoms with Crippen LogP contribution in [0.4, 0.5) is 11.4 Å². The fraction of sp³-hybridized carbons (Fsp3) is 0.417. The Bertz CT molecular complexity index is 1020. The Morgan fingerprint density at radius 3 is 2.73 bits per heavy atom. The van der Waals surface area contributed by atoms with Gasteiger partial charge in [0.2, 0.25) is 5.72 Å². The van der Waals surface area contributed by atoms with E-state index in [-0.39, 0.29) is 16.5 Å². The number of nitrogens with zero attached hydrogens (tertiary/aromatic N) is 2.